The maximum absolute atomic E-state index is 5.75. The van der Waals surface area contributed by atoms with Gasteiger partial charge in [0.05, 0.1) is 6.54 Å². The van der Waals surface area contributed by atoms with Crippen molar-refractivity contribution in [2.24, 2.45) is 11.1 Å². The average molecular weight is 194 g/mol. The lowest BCUT2D eigenvalue weighted by atomic mass is 9.90. The zero-order chi connectivity index (χ0) is 10.0. The summed E-state index contributed by atoms with van der Waals surface area (Å²) in [7, 11) is 0. The van der Waals surface area contributed by atoms with Crippen molar-refractivity contribution in [2.75, 3.05) is 19.6 Å². The second kappa shape index (κ2) is 3.71. The van der Waals surface area contributed by atoms with Gasteiger partial charge in [0.1, 0.15) is 5.82 Å². The van der Waals surface area contributed by atoms with Gasteiger partial charge in [-0.3, -0.25) is 4.90 Å². The van der Waals surface area contributed by atoms with Gasteiger partial charge in [0, 0.05) is 18.9 Å². The molecule has 2 heterocycles. The lowest BCUT2D eigenvalue weighted by Gasteiger charge is -2.21. The lowest BCUT2D eigenvalue weighted by molar-refractivity contribution is 0.270. The summed E-state index contributed by atoms with van der Waals surface area (Å²) in [6, 6.07) is 0. The van der Waals surface area contributed by atoms with E-state index >= 15 is 0 Å². The third-order valence-electron chi connectivity index (χ3n) is 3.06. The lowest BCUT2D eigenvalue weighted by Crippen LogP contribution is -2.31. The van der Waals surface area contributed by atoms with Gasteiger partial charge in [0.15, 0.2) is 0 Å². The Bertz CT molecular complexity index is 282. The van der Waals surface area contributed by atoms with Gasteiger partial charge in [-0.05, 0) is 24.9 Å². The molecule has 4 heteroatoms. The Morgan fingerprint density at radius 3 is 3.14 bits per heavy atom. The van der Waals surface area contributed by atoms with Crippen molar-refractivity contribution in [3.8, 4) is 0 Å². The summed E-state index contributed by atoms with van der Waals surface area (Å²) in [5.74, 6) is 1.05. The van der Waals surface area contributed by atoms with Gasteiger partial charge in [0.2, 0.25) is 0 Å². The molecule has 1 atom stereocenters. The number of nitrogens with one attached hydrogen (secondary N) is 1. The molecule has 3 N–H and O–H groups in total. The third kappa shape index (κ3) is 1.96. The first-order valence-corrected chi connectivity index (χ1v) is 5.12. The number of aromatic nitrogens is 2. The van der Waals surface area contributed by atoms with Gasteiger partial charge in [-0.15, -0.1) is 0 Å². The second-order valence-corrected chi connectivity index (χ2v) is 4.51. The van der Waals surface area contributed by atoms with E-state index in [-0.39, 0.29) is 0 Å². The number of imidazole rings is 1. The molecule has 14 heavy (non-hydrogen) atoms. The zero-order valence-corrected chi connectivity index (χ0v) is 8.66. The number of likely N-dealkylation sites (tertiary alicyclic amines) is 1. The van der Waals surface area contributed by atoms with Crippen LogP contribution < -0.4 is 5.73 Å². The van der Waals surface area contributed by atoms with Gasteiger partial charge in [0.25, 0.3) is 0 Å². The second-order valence-electron chi connectivity index (χ2n) is 4.51. The van der Waals surface area contributed by atoms with Gasteiger partial charge in [-0.1, -0.05) is 6.92 Å². The topological polar surface area (TPSA) is 57.9 Å². The normalized spacial score (nSPS) is 28.4. The third-order valence-corrected chi connectivity index (χ3v) is 3.06. The van der Waals surface area contributed by atoms with E-state index in [0.717, 1.165) is 32.0 Å². The zero-order valence-electron chi connectivity index (χ0n) is 8.66. The standard InChI is InChI=1S/C10H18N4/c1-10(7-11)2-5-14(8-10)6-9-12-3-4-13-9/h3-4H,2,5-8,11H2,1H3,(H,12,13). The van der Waals surface area contributed by atoms with Crippen LogP contribution in [0, 0.1) is 5.41 Å². The van der Waals surface area contributed by atoms with E-state index in [0.29, 0.717) is 5.41 Å². The van der Waals surface area contributed by atoms with Gasteiger partial charge >= 0.3 is 0 Å². The minimum absolute atomic E-state index is 0.312. The highest BCUT2D eigenvalue weighted by atomic mass is 15.2. The van der Waals surface area contributed by atoms with E-state index in [2.05, 4.69) is 21.8 Å². The summed E-state index contributed by atoms with van der Waals surface area (Å²) in [6.07, 6.45) is 4.87. The molecule has 4 nitrogen and oxygen atoms in total. The molecule has 0 spiro atoms. The number of H-pyrrole nitrogens is 1. The van der Waals surface area contributed by atoms with E-state index in [1.807, 2.05) is 6.20 Å². The van der Waals surface area contributed by atoms with Crippen LogP contribution in [0.15, 0.2) is 12.4 Å². The largest absolute Gasteiger partial charge is 0.348 e. The summed E-state index contributed by atoms with van der Waals surface area (Å²) in [6.45, 7) is 6.18. The number of hydrogen-bond donors (Lipinski definition) is 2. The molecule has 2 rings (SSSR count). The maximum atomic E-state index is 5.75. The molecule has 0 saturated carbocycles. The van der Waals surface area contributed by atoms with Crippen LogP contribution in [0.5, 0.6) is 0 Å². The Labute approximate surface area is 84.5 Å². The summed E-state index contributed by atoms with van der Waals surface area (Å²) in [4.78, 5) is 9.76. The number of aromatic amines is 1. The maximum Gasteiger partial charge on any atom is 0.120 e. The number of nitrogens with two attached hydrogens (primary N) is 1. The Kier molecular flexibility index (Phi) is 2.56. The fraction of sp³-hybridized carbons (Fsp3) is 0.700. The minimum Gasteiger partial charge on any atom is -0.348 e. The highest BCUT2D eigenvalue weighted by Crippen LogP contribution is 2.28. The van der Waals surface area contributed by atoms with E-state index in [4.69, 9.17) is 5.73 Å². The highest BCUT2D eigenvalue weighted by Gasteiger charge is 2.32. The predicted molar refractivity (Wildman–Crippen MR) is 55.6 cm³/mol. The van der Waals surface area contributed by atoms with Crippen molar-refractivity contribution >= 4 is 0 Å². The Hall–Kier alpha value is -0.870. The highest BCUT2D eigenvalue weighted by molar-refractivity contribution is 4.92. The molecule has 1 saturated heterocycles. The van der Waals surface area contributed by atoms with Crippen molar-refractivity contribution in [3.05, 3.63) is 18.2 Å². The van der Waals surface area contributed by atoms with Gasteiger partial charge in [-0.25, -0.2) is 4.98 Å². The average Bonchev–Trinajstić information content (AvgIpc) is 2.78. The van der Waals surface area contributed by atoms with E-state index in [1.165, 1.54) is 6.42 Å². The quantitative estimate of drug-likeness (QED) is 0.740. The summed E-state index contributed by atoms with van der Waals surface area (Å²) in [5, 5.41) is 0. The van der Waals surface area contributed by atoms with Crippen LogP contribution in [-0.4, -0.2) is 34.5 Å². The minimum atomic E-state index is 0.312. The fourth-order valence-corrected chi connectivity index (χ4v) is 2.02. The van der Waals surface area contributed by atoms with Crippen molar-refractivity contribution < 1.29 is 0 Å². The molecule has 0 radical (unpaired) electrons. The molecule has 1 aliphatic rings. The molecule has 1 fully saturated rings. The first kappa shape index (κ1) is 9.68. The van der Waals surface area contributed by atoms with Crippen molar-refractivity contribution in [1.82, 2.24) is 14.9 Å². The van der Waals surface area contributed by atoms with E-state index in [9.17, 15) is 0 Å². The first-order valence-electron chi connectivity index (χ1n) is 5.12. The van der Waals surface area contributed by atoms with Crippen LogP contribution in [-0.2, 0) is 6.54 Å². The molecule has 1 aromatic heterocycles. The molecule has 1 aromatic rings. The monoisotopic (exact) mass is 194 g/mol. The molecule has 0 amide bonds. The number of rotatable bonds is 3. The Morgan fingerprint density at radius 1 is 1.71 bits per heavy atom. The molecule has 1 aliphatic heterocycles. The van der Waals surface area contributed by atoms with Crippen molar-refractivity contribution in [3.63, 3.8) is 0 Å². The molecular formula is C10H18N4. The number of hydrogen-bond acceptors (Lipinski definition) is 3. The fourth-order valence-electron chi connectivity index (χ4n) is 2.02. The molecule has 0 aliphatic carbocycles. The SMILES string of the molecule is CC1(CN)CCN(Cc2ncc[nH]2)C1. The van der Waals surface area contributed by atoms with Crippen LogP contribution in [0.1, 0.15) is 19.2 Å². The van der Waals surface area contributed by atoms with Crippen LogP contribution in [0.3, 0.4) is 0 Å². The first-order chi connectivity index (χ1) is 6.72. The smallest absolute Gasteiger partial charge is 0.120 e. The molecule has 0 bridgehead atoms. The summed E-state index contributed by atoms with van der Waals surface area (Å²) >= 11 is 0. The van der Waals surface area contributed by atoms with E-state index < -0.39 is 0 Å². The van der Waals surface area contributed by atoms with Gasteiger partial charge < -0.3 is 10.7 Å². The molecular weight excluding hydrogens is 176 g/mol. The van der Waals surface area contributed by atoms with E-state index in [1.54, 1.807) is 6.20 Å². The predicted octanol–water partition coefficient (Wildman–Crippen LogP) is 0.580. The Morgan fingerprint density at radius 2 is 2.57 bits per heavy atom. The molecule has 0 aromatic carbocycles. The summed E-state index contributed by atoms with van der Waals surface area (Å²) in [5.41, 5.74) is 6.07. The van der Waals surface area contributed by atoms with Crippen LogP contribution >= 0.6 is 0 Å². The van der Waals surface area contributed by atoms with Crippen molar-refractivity contribution in [2.45, 2.75) is 19.9 Å². The summed E-state index contributed by atoms with van der Waals surface area (Å²) < 4.78 is 0. The van der Waals surface area contributed by atoms with Crippen LogP contribution in [0.25, 0.3) is 0 Å². The van der Waals surface area contributed by atoms with Crippen LogP contribution in [0.2, 0.25) is 0 Å². The number of nitrogens with zero attached hydrogens (tertiary/aromatic N) is 2. The van der Waals surface area contributed by atoms with Crippen LogP contribution in [0.4, 0.5) is 0 Å². The Balaban J connectivity index is 1.90. The molecule has 78 valence electrons. The molecule has 1 unspecified atom stereocenters. The van der Waals surface area contributed by atoms with Gasteiger partial charge in [-0.2, -0.15) is 0 Å². The van der Waals surface area contributed by atoms with Crippen molar-refractivity contribution in [1.29, 1.82) is 0 Å².